The van der Waals surface area contributed by atoms with Gasteiger partial charge < -0.3 is 39.4 Å². The van der Waals surface area contributed by atoms with Crippen molar-refractivity contribution in [1.29, 1.82) is 0 Å². The summed E-state index contributed by atoms with van der Waals surface area (Å²) in [4.78, 5) is 25.2. The maximum absolute atomic E-state index is 12.7. The van der Waals surface area contributed by atoms with Crippen LogP contribution < -0.4 is 0 Å². The molecule has 0 spiro atoms. The van der Waals surface area contributed by atoms with Gasteiger partial charge in [0, 0.05) is 12.8 Å². The fraction of sp³-hybridized carbons (Fsp3) is 0.907. The lowest BCUT2D eigenvalue weighted by Crippen LogP contribution is -2.59. The number of aliphatic hydroxyl groups is 4. The molecule has 1 aliphatic heterocycles. The molecule has 1 saturated heterocycles. The number of aliphatic hydroxyl groups excluding tert-OH is 4. The maximum atomic E-state index is 12.7. The predicted molar refractivity (Wildman–Crippen MR) is 210 cm³/mol. The van der Waals surface area contributed by atoms with E-state index in [-0.39, 0.29) is 32.0 Å². The van der Waals surface area contributed by atoms with Gasteiger partial charge in [-0.2, -0.15) is 0 Å². The van der Waals surface area contributed by atoms with Crippen LogP contribution in [0.4, 0.5) is 0 Å². The lowest BCUT2D eigenvalue weighted by atomic mass is 9.99. The zero-order valence-electron chi connectivity index (χ0n) is 33.8. The van der Waals surface area contributed by atoms with E-state index in [2.05, 4.69) is 26.0 Å². The first kappa shape index (κ1) is 49.5. The molecule has 6 atom stereocenters. The SMILES string of the molecule is CCCCCCCC/C=C/CCCCCCCCCCCC(=O)OC[C@@H](CO[C@H]1O[C@@H](CO)[C@@H](O)C(O)C1O)OC(=O)CCCCCCCCCCC. The van der Waals surface area contributed by atoms with Gasteiger partial charge in [-0.1, -0.05) is 154 Å². The van der Waals surface area contributed by atoms with Gasteiger partial charge in [-0.15, -0.1) is 0 Å². The predicted octanol–water partition coefficient (Wildman–Crippen LogP) is 8.78. The lowest BCUT2D eigenvalue weighted by Gasteiger charge is -2.39. The van der Waals surface area contributed by atoms with Crippen LogP contribution in [0.15, 0.2) is 12.2 Å². The first-order valence-electron chi connectivity index (χ1n) is 21.8. The van der Waals surface area contributed by atoms with Crippen molar-refractivity contribution in [2.75, 3.05) is 19.8 Å². The largest absolute Gasteiger partial charge is 0.462 e. The van der Waals surface area contributed by atoms with Crippen molar-refractivity contribution in [1.82, 2.24) is 0 Å². The molecule has 1 rings (SSSR count). The highest BCUT2D eigenvalue weighted by Gasteiger charge is 2.44. The number of carbonyl (C=O) groups is 2. The van der Waals surface area contributed by atoms with E-state index in [4.69, 9.17) is 18.9 Å². The second-order valence-corrected chi connectivity index (χ2v) is 15.2. The summed E-state index contributed by atoms with van der Waals surface area (Å²) in [6.45, 7) is 3.40. The average molecular weight is 757 g/mol. The number of hydrogen-bond donors (Lipinski definition) is 4. The van der Waals surface area contributed by atoms with Gasteiger partial charge in [0.1, 0.15) is 31.0 Å². The van der Waals surface area contributed by atoms with Crippen LogP contribution >= 0.6 is 0 Å². The normalized spacial score (nSPS) is 20.9. The van der Waals surface area contributed by atoms with Crippen LogP contribution in [-0.2, 0) is 28.5 Å². The monoisotopic (exact) mass is 757 g/mol. The molecule has 1 aliphatic rings. The molecule has 53 heavy (non-hydrogen) atoms. The number of allylic oxidation sites excluding steroid dienone is 2. The minimum atomic E-state index is -1.59. The van der Waals surface area contributed by atoms with E-state index >= 15 is 0 Å². The number of carbonyl (C=O) groups excluding carboxylic acids is 2. The molecule has 0 amide bonds. The van der Waals surface area contributed by atoms with E-state index < -0.39 is 49.4 Å². The molecule has 10 heteroatoms. The highest BCUT2D eigenvalue weighted by molar-refractivity contribution is 5.70. The number of unbranched alkanes of at least 4 members (excludes halogenated alkanes) is 23. The van der Waals surface area contributed by atoms with E-state index in [1.54, 1.807) is 0 Å². The van der Waals surface area contributed by atoms with Crippen molar-refractivity contribution in [3.8, 4) is 0 Å². The summed E-state index contributed by atoms with van der Waals surface area (Å²) in [7, 11) is 0. The topological polar surface area (TPSA) is 152 Å². The zero-order chi connectivity index (χ0) is 38.8. The Morgan fingerprint density at radius 3 is 1.47 bits per heavy atom. The quantitative estimate of drug-likeness (QED) is 0.0277. The number of ether oxygens (including phenoxy) is 4. The van der Waals surface area contributed by atoms with E-state index in [0.717, 1.165) is 38.5 Å². The van der Waals surface area contributed by atoms with Crippen molar-refractivity contribution >= 4 is 11.9 Å². The second kappa shape index (κ2) is 34.9. The van der Waals surface area contributed by atoms with Crippen molar-refractivity contribution in [3.63, 3.8) is 0 Å². The van der Waals surface area contributed by atoms with Gasteiger partial charge in [0.25, 0.3) is 0 Å². The first-order chi connectivity index (χ1) is 25.8. The van der Waals surface area contributed by atoms with Crippen molar-refractivity contribution in [2.45, 2.75) is 230 Å². The molecule has 0 aliphatic carbocycles. The summed E-state index contributed by atoms with van der Waals surface area (Å²) >= 11 is 0. The van der Waals surface area contributed by atoms with Crippen molar-refractivity contribution in [3.05, 3.63) is 12.2 Å². The number of hydrogen-bond acceptors (Lipinski definition) is 10. The first-order valence-corrected chi connectivity index (χ1v) is 21.8. The molecule has 312 valence electrons. The summed E-state index contributed by atoms with van der Waals surface area (Å²) in [5.41, 5.74) is 0. The Bertz CT molecular complexity index is 881. The molecular weight excluding hydrogens is 676 g/mol. The minimum absolute atomic E-state index is 0.214. The molecule has 0 bridgehead atoms. The van der Waals surface area contributed by atoms with Crippen LogP contribution in [0.3, 0.4) is 0 Å². The van der Waals surface area contributed by atoms with E-state index in [9.17, 15) is 30.0 Å². The minimum Gasteiger partial charge on any atom is -0.462 e. The molecular formula is C43H80O10. The Hall–Kier alpha value is -1.56. The van der Waals surface area contributed by atoms with Gasteiger partial charge >= 0.3 is 11.9 Å². The number of rotatable bonds is 36. The van der Waals surface area contributed by atoms with Crippen LogP contribution in [0, 0.1) is 0 Å². The molecule has 0 aromatic carbocycles. The Morgan fingerprint density at radius 2 is 1.00 bits per heavy atom. The van der Waals surface area contributed by atoms with Gasteiger partial charge in [-0.25, -0.2) is 0 Å². The molecule has 1 heterocycles. The summed E-state index contributed by atoms with van der Waals surface area (Å²) in [6.07, 6.45) is 28.0. The van der Waals surface area contributed by atoms with Crippen molar-refractivity contribution < 1.29 is 49.0 Å². The van der Waals surface area contributed by atoms with Gasteiger partial charge in [0.15, 0.2) is 12.4 Å². The molecule has 2 unspecified atom stereocenters. The fourth-order valence-corrected chi connectivity index (χ4v) is 6.65. The molecule has 0 aromatic heterocycles. The molecule has 1 fully saturated rings. The van der Waals surface area contributed by atoms with Gasteiger partial charge in [0.2, 0.25) is 0 Å². The summed E-state index contributed by atoms with van der Waals surface area (Å²) in [5, 5.41) is 39.9. The van der Waals surface area contributed by atoms with Gasteiger partial charge in [-0.05, 0) is 38.5 Å². The molecule has 0 saturated carbocycles. The summed E-state index contributed by atoms with van der Waals surface area (Å²) in [6, 6.07) is 0. The van der Waals surface area contributed by atoms with Crippen molar-refractivity contribution in [2.24, 2.45) is 0 Å². The average Bonchev–Trinajstić information content (AvgIpc) is 3.15. The fourth-order valence-electron chi connectivity index (χ4n) is 6.65. The van der Waals surface area contributed by atoms with Crippen LogP contribution in [0.5, 0.6) is 0 Å². The maximum Gasteiger partial charge on any atom is 0.306 e. The second-order valence-electron chi connectivity index (χ2n) is 15.2. The van der Waals surface area contributed by atoms with E-state index in [1.807, 2.05) is 0 Å². The van der Waals surface area contributed by atoms with Gasteiger partial charge in [-0.3, -0.25) is 9.59 Å². The van der Waals surface area contributed by atoms with E-state index in [1.165, 1.54) is 122 Å². The van der Waals surface area contributed by atoms with Crippen LogP contribution in [0.25, 0.3) is 0 Å². The van der Waals surface area contributed by atoms with Gasteiger partial charge in [0.05, 0.1) is 13.2 Å². The molecule has 4 N–H and O–H groups in total. The molecule has 10 nitrogen and oxygen atoms in total. The standard InChI is InChI=1S/C43H80O10/c1-3-5-7-9-11-13-14-15-16-17-18-19-20-21-22-24-25-27-29-31-38(45)50-34-36(35-51-43-42(49)41(48)40(47)37(33-44)53-43)52-39(46)32-30-28-26-23-12-10-8-6-4-2/h15-16,36-37,40-44,47-49H,3-14,17-35H2,1-2H3/b16-15+/t36-,37-,40+,41?,42?,43-/m0/s1. The zero-order valence-corrected chi connectivity index (χ0v) is 33.8. The highest BCUT2D eigenvalue weighted by atomic mass is 16.7. The van der Waals surface area contributed by atoms with Crippen LogP contribution in [0.2, 0.25) is 0 Å². The Labute approximate surface area is 322 Å². The van der Waals surface area contributed by atoms with Crippen LogP contribution in [-0.4, -0.2) is 89.0 Å². The number of esters is 2. The Morgan fingerprint density at radius 1 is 0.566 bits per heavy atom. The van der Waals surface area contributed by atoms with Crippen LogP contribution in [0.1, 0.15) is 194 Å². The Kier molecular flexibility index (Phi) is 32.6. The summed E-state index contributed by atoms with van der Waals surface area (Å²) < 4.78 is 22.1. The third kappa shape index (κ3) is 26.8. The third-order valence-corrected chi connectivity index (χ3v) is 10.2. The molecule has 0 radical (unpaired) electrons. The smallest absolute Gasteiger partial charge is 0.306 e. The van der Waals surface area contributed by atoms with E-state index in [0.29, 0.717) is 6.42 Å². The molecule has 0 aromatic rings. The summed E-state index contributed by atoms with van der Waals surface area (Å²) in [5.74, 6) is -0.805. The lowest BCUT2D eigenvalue weighted by molar-refractivity contribution is -0.305. The highest BCUT2D eigenvalue weighted by Crippen LogP contribution is 2.23. The third-order valence-electron chi connectivity index (χ3n) is 10.2. The Balaban J connectivity index is 2.27.